The van der Waals surface area contributed by atoms with Crippen LogP contribution in [0.5, 0.6) is 0 Å². The van der Waals surface area contributed by atoms with Crippen molar-refractivity contribution in [1.29, 1.82) is 0 Å². The molecule has 1 saturated heterocycles. The molecule has 1 aromatic carbocycles. The van der Waals surface area contributed by atoms with Gasteiger partial charge in [-0.3, -0.25) is 9.59 Å². The van der Waals surface area contributed by atoms with E-state index in [1.165, 1.54) is 0 Å². The lowest BCUT2D eigenvalue weighted by Gasteiger charge is -2.36. The zero-order valence-electron chi connectivity index (χ0n) is 15.5. The lowest BCUT2D eigenvalue weighted by molar-refractivity contribution is -0.142. The summed E-state index contributed by atoms with van der Waals surface area (Å²) in [5.74, 6) is -0.929. The van der Waals surface area contributed by atoms with E-state index in [-0.39, 0.29) is 23.9 Å². The second kappa shape index (κ2) is 8.88. The molecule has 3 rings (SSSR count). The second-order valence-corrected chi connectivity index (χ2v) is 7.37. The molecule has 1 heterocycles. The van der Waals surface area contributed by atoms with Crippen LogP contribution in [0.25, 0.3) is 0 Å². The number of carbonyl (C=O) groups excluding carboxylic acids is 2. The van der Waals surface area contributed by atoms with Crippen molar-refractivity contribution in [3.05, 3.63) is 35.9 Å². The summed E-state index contributed by atoms with van der Waals surface area (Å²) in [5, 5.41) is 12.1. The summed E-state index contributed by atoms with van der Waals surface area (Å²) in [6.07, 6.45) is 3.03. The van der Waals surface area contributed by atoms with Crippen molar-refractivity contribution in [1.82, 2.24) is 15.1 Å². The van der Waals surface area contributed by atoms with Crippen molar-refractivity contribution in [3.63, 3.8) is 0 Å². The van der Waals surface area contributed by atoms with E-state index >= 15 is 0 Å². The van der Waals surface area contributed by atoms with Crippen LogP contribution >= 0.6 is 0 Å². The molecule has 0 aromatic heterocycles. The highest BCUT2D eigenvalue weighted by atomic mass is 16.4. The quantitative estimate of drug-likeness (QED) is 0.841. The maximum atomic E-state index is 12.4. The van der Waals surface area contributed by atoms with Gasteiger partial charge in [0.05, 0.1) is 12.3 Å². The van der Waals surface area contributed by atoms with Gasteiger partial charge in [-0.1, -0.05) is 30.3 Å². The zero-order valence-corrected chi connectivity index (χ0v) is 15.5. The van der Waals surface area contributed by atoms with E-state index in [4.69, 9.17) is 5.11 Å². The molecule has 1 saturated carbocycles. The van der Waals surface area contributed by atoms with Gasteiger partial charge in [0.1, 0.15) is 0 Å². The molecule has 0 radical (unpaired) electrons. The summed E-state index contributed by atoms with van der Waals surface area (Å²) >= 11 is 0. The van der Waals surface area contributed by atoms with Crippen LogP contribution in [0, 0.1) is 5.92 Å². The molecular weight excluding hydrogens is 346 g/mol. The summed E-state index contributed by atoms with van der Waals surface area (Å²) in [6, 6.07) is 9.61. The Balaban J connectivity index is 1.40. The topological polar surface area (TPSA) is 89.9 Å². The fraction of sp³-hybridized carbons (Fsp3) is 0.550. The van der Waals surface area contributed by atoms with Gasteiger partial charge in [0.25, 0.3) is 0 Å². The monoisotopic (exact) mass is 373 g/mol. The Morgan fingerprint density at radius 1 is 0.926 bits per heavy atom. The Morgan fingerprint density at radius 2 is 1.52 bits per heavy atom. The van der Waals surface area contributed by atoms with E-state index in [9.17, 15) is 14.4 Å². The van der Waals surface area contributed by atoms with Crippen molar-refractivity contribution in [2.75, 3.05) is 26.2 Å². The van der Waals surface area contributed by atoms with Crippen LogP contribution in [0.3, 0.4) is 0 Å². The Bertz CT molecular complexity index is 663. The number of piperazine rings is 1. The summed E-state index contributed by atoms with van der Waals surface area (Å²) in [4.78, 5) is 39.4. The number of carboxylic acid groups (broad SMARTS) is 1. The maximum Gasteiger partial charge on any atom is 0.317 e. The number of nitrogens with one attached hydrogen (secondary N) is 1. The molecule has 2 aliphatic rings. The SMILES string of the molecule is O=C(O)C1CCC(NC(=O)N2CCN(C(=O)Cc3ccccc3)CC2)CC1. The summed E-state index contributed by atoms with van der Waals surface area (Å²) < 4.78 is 0. The largest absolute Gasteiger partial charge is 0.481 e. The van der Waals surface area contributed by atoms with Crippen LogP contribution in [0.1, 0.15) is 31.2 Å². The third-order valence-electron chi connectivity index (χ3n) is 5.52. The molecule has 146 valence electrons. The van der Waals surface area contributed by atoms with Crippen LogP contribution in [-0.4, -0.2) is 65.0 Å². The minimum atomic E-state index is -0.740. The number of hydrogen-bond acceptors (Lipinski definition) is 3. The molecule has 2 fully saturated rings. The van der Waals surface area contributed by atoms with Crippen molar-refractivity contribution >= 4 is 17.9 Å². The molecule has 0 atom stereocenters. The first kappa shape index (κ1) is 19.2. The minimum absolute atomic E-state index is 0.0471. The third kappa shape index (κ3) is 5.21. The van der Waals surface area contributed by atoms with Gasteiger partial charge in [-0.15, -0.1) is 0 Å². The smallest absolute Gasteiger partial charge is 0.317 e. The average molecular weight is 373 g/mol. The fourth-order valence-electron chi connectivity index (χ4n) is 3.79. The highest BCUT2D eigenvalue weighted by molar-refractivity contribution is 5.79. The number of urea groups is 1. The Kier molecular flexibility index (Phi) is 6.32. The predicted octanol–water partition coefficient (Wildman–Crippen LogP) is 1.73. The van der Waals surface area contributed by atoms with E-state index < -0.39 is 5.97 Å². The Labute approximate surface area is 159 Å². The molecule has 0 bridgehead atoms. The van der Waals surface area contributed by atoms with Gasteiger partial charge >= 0.3 is 12.0 Å². The lowest BCUT2D eigenvalue weighted by atomic mass is 9.86. The van der Waals surface area contributed by atoms with E-state index in [1.54, 1.807) is 4.90 Å². The number of hydrogen-bond donors (Lipinski definition) is 2. The molecule has 7 nitrogen and oxygen atoms in total. The van der Waals surface area contributed by atoms with Gasteiger partial charge in [-0.05, 0) is 31.2 Å². The number of benzene rings is 1. The zero-order chi connectivity index (χ0) is 19.2. The van der Waals surface area contributed by atoms with Gasteiger partial charge in [0.2, 0.25) is 5.91 Å². The maximum absolute atomic E-state index is 12.4. The molecule has 3 amide bonds. The van der Waals surface area contributed by atoms with Crippen LogP contribution in [-0.2, 0) is 16.0 Å². The molecule has 1 aliphatic heterocycles. The first-order valence-corrected chi connectivity index (χ1v) is 9.63. The van der Waals surface area contributed by atoms with E-state index in [2.05, 4.69) is 5.32 Å². The van der Waals surface area contributed by atoms with Crippen LogP contribution in [0.15, 0.2) is 30.3 Å². The first-order chi connectivity index (χ1) is 13.0. The molecule has 27 heavy (non-hydrogen) atoms. The van der Waals surface area contributed by atoms with Crippen LogP contribution in [0.4, 0.5) is 4.79 Å². The number of amides is 3. The van der Waals surface area contributed by atoms with E-state index in [0.717, 1.165) is 5.56 Å². The van der Waals surface area contributed by atoms with E-state index in [0.29, 0.717) is 58.3 Å². The number of aliphatic carboxylic acids is 1. The lowest BCUT2D eigenvalue weighted by Crippen LogP contribution is -2.55. The number of carboxylic acids is 1. The van der Waals surface area contributed by atoms with Gasteiger partial charge < -0.3 is 20.2 Å². The second-order valence-electron chi connectivity index (χ2n) is 7.37. The van der Waals surface area contributed by atoms with Gasteiger partial charge in [-0.2, -0.15) is 0 Å². The number of nitrogens with zero attached hydrogens (tertiary/aromatic N) is 2. The molecule has 7 heteroatoms. The first-order valence-electron chi connectivity index (χ1n) is 9.63. The Hall–Kier alpha value is -2.57. The van der Waals surface area contributed by atoms with Gasteiger partial charge in [0, 0.05) is 32.2 Å². The van der Waals surface area contributed by atoms with Crippen LogP contribution < -0.4 is 5.32 Å². The van der Waals surface area contributed by atoms with E-state index in [1.807, 2.05) is 35.2 Å². The van der Waals surface area contributed by atoms with Crippen LogP contribution in [0.2, 0.25) is 0 Å². The van der Waals surface area contributed by atoms with Gasteiger partial charge in [-0.25, -0.2) is 4.79 Å². The number of rotatable bonds is 4. The predicted molar refractivity (Wildman–Crippen MR) is 100 cm³/mol. The standard InChI is InChI=1S/C20H27N3O4/c24-18(14-15-4-2-1-3-5-15)22-10-12-23(13-11-22)20(27)21-17-8-6-16(7-9-17)19(25)26/h1-5,16-17H,6-14H2,(H,21,27)(H,25,26). The third-order valence-corrected chi connectivity index (χ3v) is 5.52. The fourth-order valence-corrected chi connectivity index (χ4v) is 3.79. The molecular formula is C20H27N3O4. The normalized spacial score (nSPS) is 23.0. The summed E-state index contributed by atoms with van der Waals surface area (Å²) in [5.41, 5.74) is 1.000. The highest BCUT2D eigenvalue weighted by Gasteiger charge is 2.29. The van der Waals surface area contributed by atoms with Gasteiger partial charge in [0.15, 0.2) is 0 Å². The average Bonchev–Trinajstić information content (AvgIpc) is 2.69. The van der Waals surface area contributed by atoms with Crippen molar-refractivity contribution in [2.45, 2.75) is 38.1 Å². The number of carbonyl (C=O) groups is 3. The molecule has 0 unspecified atom stereocenters. The highest BCUT2D eigenvalue weighted by Crippen LogP contribution is 2.24. The molecule has 1 aliphatic carbocycles. The van der Waals surface area contributed by atoms with Crippen molar-refractivity contribution < 1.29 is 19.5 Å². The molecule has 0 spiro atoms. The van der Waals surface area contributed by atoms with Crippen molar-refractivity contribution in [3.8, 4) is 0 Å². The van der Waals surface area contributed by atoms with Crippen molar-refractivity contribution in [2.24, 2.45) is 5.92 Å². The summed E-state index contributed by atoms with van der Waals surface area (Å²) in [7, 11) is 0. The minimum Gasteiger partial charge on any atom is -0.481 e. The summed E-state index contributed by atoms with van der Waals surface area (Å²) in [6.45, 7) is 2.14. The molecule has 2 N–H and O–H groups in total. The Morgan fingerprint density at radius 3 is 2.11 bits per heavy atom. The molecule has 1 aromatic rings.